The molecule has 0 aliphatic carbocycles. The van der Waals surface area contributed by atoms with E-state index in [9.17, 15) is 13.2 Å². The molecule has 0 aliphatic heterocycles. The fourth-order valence-electron chi connectivity index (χ4n) is 1.95. The van der Waals surface area contributed by atoms with E-state index in [1.54, 1.807) is 12.1 Å². The lowest BCUT2D eigenvalue weighted by Crippen LogP contribution is -2.14. The Kier molecular flexibility index (Phi) is 4.09. The van der Waals surface area contributed by atoms with Crippen LogP contribution in [0.25, 0.3) is 5.69 Å². The lowest BCUT2D eigenvalue weighted by molar-refractivity contribution is 0.101. The van der Waals surface area contributed by atoms with Gasteiger partial charge in [0.05, 0.1) is 10.6 Å². The highest BCUT2D eigenvalue weighted by molar-refractivity contribution is 7.90. The van der Waals surface area contributed by atoms with Crippen LogP contribution in [0.3, 0.4) is 0 Å². The molecule has 8 nitrogen and oxygen atoms in total. The number of para-hydroxylation sites is 1. The molecule has 3 aromatic rings. The first-order chi connectivity index (χ1) is 11.4. The van der Waals surface area contributed by atoms with Crippen molar-refractivity contribution >= 4 is 21.4 Å². The SMILES string of the molecule is CS(=O)(=O)c1ccc(NC(=O)c2nnn(-c3ccccc3)n2)cc1. The summed E-state index contributed by atoms with van der Waals surface area (Å²) in [6.45, 7) is 0. The Morgan fingerprint density at radius 2 is 1.71 bits per heavy atom. The minimum atomic E-state index is -3.28. The molecule has 0 saturated heterocycles. The van der Waals surface area contributed by atoms with Crippen molar-refractivity contribution in [2.45, 2.75) is 4.90 Å². The molecule has 0 radical (unpaired) electrons. The zero-order chi connectivity index (χ0) is 17.2. The highest BCUT2D eigenvalue weighted by Gasteiger charge is 2.14. The molecule has 1 aromatic heterocycles. The Hall–Kier alpha value is -3.07. The highest BCUT2D eigenvalue weighted by atomic mass is 32.2. The molecule has 1 heterocycles. The number of hydrogen-bond acceptors (Lipinski definition) is 6. The number of benzene rings is 2. The number of tetrazole rings is 1. The molecule has 122 valence electrons. The number of nitrogens with one attached hydrogen (secondary N) is 1. The van der Waals surface area contributed by atoms with Gasteiger partial charge in [0.1, 0.15) is 0 Å². The third kappa shape index (κ3) is 3.46. The maximum atomic E-state index is 12.1. The van der Waals surface area contributed by atoms with Crippen LogP contribution in [-0.4, -0.2) is 40.8 Å². The number of hydrogen-bond donors (Lipinski definition) is 1. The number of amides is 1. The van der Waals surface area contributed by atoms with Crippen molar-refractivity contribution in [2.75, 3.05) is 11.6 Å². The summed E-state index contributed by atoms with van der Waals surface area (Å²) in [5.74, 6) is -0.629. The Labute approximate surface area is 138 Å². The summed E-state index contributed by atoms with van der Waals surface area (Å²) in [6, 6.07) is 14.9. The normalized spacial score (nSPS) is 11.2. The summed E-state index contributed by atoms with van der Waals surface area (Å²) in [4.78, 5) is 13.6. The predicted molar refractivity (Wildman–Crippen MR) is 86.7 cm³/mol. The maximum Gasteiger partial charge on any atom is 0.297 e. The zero-order valence-electron chi connectivity index (χ0n) is 12.6. The van der Waals surface area contributed by atoms with Gasteiger partial charge in [-0.3, -0.25) is 4.79 Å². The Bertz CT molecular complexity index is 966. The lowest BCUT2D eigenvalue weighted by atomic mass is 10.3. The molecule has 1 N–H and O–H groups in total. The van der Waals surface area contributed by atoms with Gasteiger partial charge in [-0.2, -0.15) is 0 Å². The van der Waals surface area contributed by atoms with Crippen LogP contribution in [0.5, 0.6) is 0 Å². The van der Waals surface area contributed by atoms with Gasteiger partial charge < -0.3 is 5.32 Å². The van der Waals surface area contributed by atoms with Crippen molar-refractivity contribution in [3.8, 4) is 5.69 Å². The summed E-state index contributed by atoms with van der Waals surface area (Å²) < 4.78 is 22.8. The molecular weight excluding hydrogens is 330 g/mol. The molecule has 2 aromatic carbocycles. The van der Waals surface area contributed by atoms with E-state index in [-0.39, 0.29) is 10.7 Å². The van der Waals surface area contributed by atoms with Crippen LogP contribution in [-0.2, 0) is 9.84 Å². The standard InChI is InChI=1S/C15H13N5O3S/c1-24(22,23)13-9-7-11(8-10-13)16-15(21)14-17-19-20(18-14)12-5-3-2-4-6-12/h2-10H,1H3,(H,16,21). The molecule has 0 atom stereocenters. The van der Waals surface area contributed by atoms with Crippen LogP contribution in [0.2, 0.25) is 0 Å². The van der Waals surface area contributed by atoms with E-state index in [0.717, 1.165) is 6.26 Å². The topological polar surface area (TPSA) is 107 Å². The number of rotatable bonds is 4. The minimum absolute atomic E-state index is 0.0916. The van der Waals surface area contributed by atoms with Crippen molar-refractivity contribution in [1.29, 1.82) is 0 Å². The Morgan fingerprint density at radius 1 is 1.04 bits per heavy atom. The second-order valence-corrected chi connectivity index (χ2v) is 7.00. The quantitative estimate of drug-likeness (QED) is 0.765. The van der Waals surface area contributed by atoms with Gasteiger partial charge in [0.25, 0.3) is 11.7 Å². The average Bonchev–Trinajstić information content (AvgIpc) is 3.05. The molecule has 0 bridgehead atoms. The molecule has 0 saturated carbocycles. The van der Waals surface area contributed by atoms with Crippen LogP contribution >= 0.6 is 0 Å². The molecule has 0 unspecified atom stereocenters. The second kappa shape index (κ2) is 6.20. The fraction of sp³-hybridized carbons (Fsp3) is 0.0667. The van der Waals surface area contributed by atoms with E-state index in [1.165, 1.54) is 29.1 Å². The first-order valence-electron chi connectivity index (χ1n) is 6.90. The van der Waals surface area contributed by atoms with E-state index in [0.29, 0.717) is 11.4 Å². The Morgan fingerprint density at radius 3 is 2.33 bits per heavy atom. The molecule has 3 rings (SSSR count). The van der Waals surface area contributed by atoms with Crippen LogP contribution in [0.4, 0.5) is 5.69 Å². The summed E-state index contributed by atoms with van der Waals surface area (Å²) in [7, 11) is -3.28. The van der Waals surface area contributed by atoms with Gasteiger partial charge in [-0.15, -0.1) is 15.0 Å². The van der Waals surface area contributed by atoms with Gasteiger partial charge in [0, 0.05) is 11.9 Å². The summed E-state index contributed by atoms with van der Waals surface area (Å²) in [5, 5.41) is 14.2. The second-order valence-electron chi connectivity index (χ2n) is 4.99. The van der Waals surface area contributed by atoms with E-state index < -0.39 is 15.7 Å². The van der Waals surface area contributed by atoms with E-state index >= 15 is 0 Å². The fourth-order valence-corrected chi connectivity index (χ4v) is 2.58. The molecule has 1 amide bonds. The maximum absolute atomic E-state index is 12.1. The lowest BCUT2D eigenvalue weighted by Gasteiger charge is -2.03. The predicted octanol–water partition coefficient (Wildman–Crippen LogP) is 1.32. The van der Waals surface area contributed by atoms with Crippen molar-refractivity contribution in [2.24, 2.45) is 0 Å². The zero-order valence-corrected chi connectivity index (χ0v) is 13.4. The van der Waals surface area contributed by atoms with Gasteiger partial charge in [-0.25, -0.2) is 8.42 Å². The number of carbonyl (C=O) groups is 1. The molecule has 0 fully saturated rings. The van der Waals surface area contributed by atoms with Crippen molar-refractivity contribution < 1.29 is 13.2 Å². The van der Waals surface area contributed by atoms with Crippen molar-refractivity contribution in [3.05, 3.63) is 60.4 Å². The third-order valence-electron chi connectivity index (χ3n) is 3.14. The number of aromatic nitrogens is 4. The van der Waals surface area contributed by atoms with Gasteiger partial charge in [-0.05, 0) is 41.6 Å². The average molecular weight is 343 g/mol. The number of nitrogens with zero attached hydrogens (tertiary/aromatic N) is 4. The van der Waals surface area contributed by atoms with Crippen molar-refractivity contribution in [3.63, 3.8) is 0 Å². The summed E-state index contributed by atoms with van der Waals surface area (Å²) in [6.07, 6.45) is 1.12. The van der Waals surface area contributed by atoms with Gasteiger partial charge in [0.15, 0.2) is 9.84 Å². The largest absolute Gasteiger partial charge is 0.319 e. The molecule has 0 spiro atoms. The summed E-state index contributed by atoms with van der Waals surface area (Å²) in [5.41, 5.74) is 1.12. The van der Waals surface area contributed by atoms with Crippen LogP contribution in [0, 0.1) is 0 Å². The molecule has 9 heteroatoms. The van der Waals surface area contributed by atoms with Crippen LogP contribution in [0.15, 0.2) is 59.5 Å². The number of carbonyl (C=O) groups excluding carboxylic acids is 1. The van der Waals surface area contributed by atoms with Gasteiger partial charge >= 0.3 is 0 Å². The number of sulfone groups is 1. The minimum Gasteiger partial charge on any atom is -0.319 e. The summed E-state index contributed by atoms with van der Waals surface area (Å²) >= 11 is 0. The molecule has 0 aliphatic rings. The first kappa shape index (κ1) is 15.8. The van der Waals surface area contributed by atoms with Gasteiger partial charge in [-0.1, -0.05) is 18.2 Å². The third-order valence-corrected chi connectivity index (χ3v) is 4.27. The van der Waals surface area contributed by atoms with Crippen molar-refractivity contribution in [1.82, 2.24) is 20.2 Å². The van der Waals surface area contributed by atoms with Crippen LogP contribution < -0.4 is 5.32 Å². The Balaban J connectivity index is 1.75. The first-order valence-corrected chi connectivity index (χ1v) is 8.79. The van der Waals surface area contributed by atoms with Crippen LogP contribution in [0.1, 0.15) is 10.6 Å². The molecule has 24 heavy (non-hydrogen) atoms. The van der Waals surface area contributed by atoms with E-state index in [2.05, 4.69) is 20.7 Å². The monoisotopic (exact) mass is 343 g/mol. The van der Waals surface area contributed by atoms with Gasteiger partial charge in [0.2, 0.25) is 0 Å². The molecular formula is C15H13N5O3S. The smallest absolute Gasteiger partial charge is 0.297 e. The highest BCUT2D eigenvalue weighted by Crippen LogP contribution is 2.14. The van der Waals surface area contributed by atoms with E-state index in [4.69, 9.17) is 0 Å². The van der Waals surface area contributed by atoms with E-state index in [1.807, 2.05) is 18.2 Å². The number of anilines is 1.